The summed E-state index contributed by atoms with van der Waals surface area (Å²) in [4.78, 5) is 0. The van der Waals surface area contributed by atoms with Crippen LogP contribution in [0.5, 0.6) is 17.2 Å². The smallest absolute Gasteiger partial charge is 0.164 e. The van der Waals surface area contributed by atoms with Crippen molar-refractivity contribution in [3.8, 4) is 28.4 Å². The summed E-state index contributed by atoms with van der Waals surface area (Å²) in [6, 6.07) is 7.62. The van der Waals surface area contributed by atoms with E-state index in [0.717, 1.165) is 18.4 Å². The van der Waals surface area contributed by atoms with Gasteiger partial charge in [0.25, 0.3) is 0 Å². The van der Waals surface area contributed by atoms with E-state index in [1.165, 1.54) is 17.2 Å². The lowest BCUT2D eigenvalue weighted by Gasteiger charge is -2.14. The van der Waals surface area contributed by atoms with Crippen molar-refractivity contribution in [2.75, 3.05) is 0 Å². The van der Waals surface area contributed by atoms with Crippen LogP contribution in [0.2, 0.25) is 0 Å². The molecule has 0 aliphatic carbocycles. The molecule has 0 heterocycles. The highest BCUT2D eigenvalue weighted by molar-refractivity contribution is 5.77. The molecule has 0 aliphatic heterocycles. The lowest BCUT2D eigenvalue weighted by molar-refractivity contribution is 0.391. The van der Waals surface area contributed by atoms with Crippen molar-refractivity contribution in [1.29, 1.82) is 0 Å². The van der Waals surface area contributed by atoms with Crippen LogP contribution in [-0.4, -0.2) is 15.3 Å². The number of hydrogen-bond donors (Lipinski definition) is 3. The van der Waals surface area contributed by atoms with Gasteiger partial charge in [-0.1, -0.05) is 39.0 Å². The lowest BCUT2D eigenvalue weighted by atomic mass is 9.94. The predicted molar refractivity (Wildman–Crippen MR) is 85.0 cm³/mol. The Morgan fingerprint density at radius 3 is 1.76 bits per heavy atom. The van der Waals surface area contributed by atoms with Gasteiger partial charge in [-0.15, -0.1) is 0 Å². The summed E-state index contributed by atoms with van der Waals surface area (Å²) in [5.74, 6) is -0.385. The molecule has 0 fully saturated rings. The molecule has 21 heavy (non-hydrogen) atoms. The minimum Gasteiger partial charge on any atom is -0.507 e. The first kappa shape index (κ1) is 15.2. The second-order valence-corrected chi connectivity index (χ2v) is 5.22. The number of hydrogen-bond acceptors (Lipinski definition) is 3. The van der Waals surface area contributed by atoms with Gasteiger partial charge in [0, 0.05) is 11.1 Å². The van der Waals surface area contributed by atoms with Crippen molar-refractivity contribution in [1.82, 2.24) is 0 Å². The third-order valence-corrected chi connectivity index (χ3v) is 3.88. The first-order valence-electron chi connectivity index (χ1n) is 7.41. The zero-order valence-corrected chi connectivity index (χ0v) is 12.8. The van der Waals surface area contributed by atoms with Crippen LogP contribution in [0.15, 0.2) is 24.3 Å². The van der Waals surface area contributed by atoms with Crippen LogP contribution >= 0.6 is 0 Å². The summed E-state index contributed by atoms with van der Waals surface area (Å²) in [6.07, 6.45) is 2.27. The zero-order valence-electron chi connectivity index (χ0n) is 12.8. The van der Waals surface area contributed by atoms with Crippen molar-refractivity contribution in [2.24, 2.45) is 0 Å². The molecule has 0 unspecified atom stereocenters. The van der Waals surface area contributed by atoms with Gasteiger partial charge in [0.1, 0.15) is 5.75 Å². The highest BCUT2D eigenvalue weighted by atomic mass is 16.3. The van der Waals surface area contributed by atoms with Crippen molar-refractivity contribution in [2.45, 2.75) is 40.0 Å². The topological polar surface area (TPSA) is 60.7 Å². The molecule has 3 heteroatoms. The molecular weight excluding hydrogens is 264 g/mol. The molecule has 0 saturated heterocycles. The van der Waals surface area contributed by atoms with Gasteiger partial charge in [0.05, 0.1) is 0 Å². The molecule has 0 spiro atoms. The Balaban J connectivity index is 2.69. The van der Waals surface area contributed by atoms with E-state index >= 15 is 0 Å². The zero-order chi connectivity index (χ0) is 15.6. The standard InChI is InChI=1S/C18H22O3/c1-4-11-7-12(5-2)9-13(8-11)15-10-16(19)18(21)14(6-3)17(15)20/h7-10,19-21H,4-6H2,1-3H3. The normalized spacial score (nSPS) is 10.8. The molecule has 2 aromatic carbocycles. The number of rotatable bonds is 4. The van der Waals surface area contributed by atoms with Crippen LogP contribution in [0, 0.1) is 0 Å². The Kier molecular flexibility index (Phi) is 4.41. The molecule has 0 aromatic heterocycles. The predicted octanol–water partition coefficient (Wildman–Crippen LogP) is 4.16. The molecular formula is C18H22O3. The number of aromatic hydroxyl groups is 3. The van der Waals surface area contributed by atoms with Crippen molar-refractivity contribution < 1.29 is 15.3 Å². The van der Waals surface area contributed by atoms with E-state index < -0.39 is 0 Å². The minimum absolute atomic E-state index is 0.0445. The maximum atomic E-state index is 10.4. The van der Waals surface area contributed by atoms with Gasteiger partial charge < -0.3 is 15.3 Å². The van der Waals surface area contributed by atoms with E-state index in [2.05, 4.69) is 19.9 Å². The molecule has 3 nitrogen and oxygen atoms in total. The fourth-order valence-corrected chi connectivity index (χ4v) is 2.58. The quantitative estimate of drug-likeness (QED) is 0.584. The molecule has 0 aliphatic rings. The SMILES string of the molecule is CCc1cc(CC)cc(-c2cc(O)c(O)c(CC)c2O)c1. The molecule has 2 aromatic rings. The van der Waals surface area contributed by atoms with Crippen LogP contribution in [0.4, 0.5) is 0 Å². The number of phenolic OH excluding ortho intramolecular Hbond substituents is 3. The Hall–Kier alpha value is -2.16. The van der Waals surface area contributed by atoms with E-state index in [9.17, 15) is 15.3 Å². The van der Waals surface area contributed by atoms with Crippen molar-refractivity contribution in [3.05, 3.63) is 41.0 Å². The second-order valence-electron chi connectivity index (χ2n) is 5.22. The maximum Gasteiger partial charge on any atom is 0.164 e. The molecule has 0 bridgehead atoms. The van der Waals surface area contributed by atoms with Gasteiger partial charge in [-0.2, -0.15) is 0 Å². The summed E-state index contributed by atoms with van der Waals surface area (Å²) in [5, 5.41) is 30.1. The minimum atomic E-state index is -0.235. The van der Waals surface area contributed by atoms with Crippen LogP contribution in [0.3, 0.4) is 0 Å². The van der Waals surface area contributed by atoms with Gasteiger partial charge in [-0.05, 0) is 42.0 Å². The van der Waals surface area contributed by atoms with Gasteiger partial charge >= 0.3 is 0 Å². The second kappa shape index (κ2) is 6.08. The number of benzene rings is 2. The van der Waals surface area contributed by atoms with E-state index in [1.807, 2.05) is 19.1 Å². The fourth-order valence-electron chi connectivity index (χ4n) is 2.58. The van der Waals surface area contributed by atoms with Gasteiger partial charge in [0.15, 0.2) is 11.5 Å². The highest BCUT2D eigenvalue weighted by Gasteiger charge is 2.17. The van der Waals surface area contributed by atoms with Crippen LogP contribution in [0.1, 0.15) is 37.5 Å². The van der Waals surface area contributed by atoms with Crippen LogP contribution < -0.4 is 0 Å². The summed E-state index contributed by atoms with van der Waals surface area (Å²) in [5.41, 5.74) is 4.19. The van der Waals surface area contributed by atoms with E-state index in [0.29, 0.717) is 17.5 Å². The molecule has 0 saturated carbocycles. The van der Waals surface area contributed by atoms with Gasteiger partial charge in [-0.3, -0.25) is 0 Å². The molecule has 0 amide bonds. The van der Waals surface area contributed by atoms with Crippen molar-refractivity contribution >= 4 is 0 Å². The Bertz CT molecular complexity index is 638. The van der Waals surface area contributed by atoms with E-state index in [-0.39, 0.29) is 17.2 Å². The fraction of sp³-hybridized carbons (Fsp3) is 0.333. The Morgan fingerprint density at radius 1 is 0.714 bits per heavy atom. The average molecular weight is 286 g/mol. The first-order chi connectivity index (χ1) is 10.0. The van der Waals surface area contributed by atoms with E-state index in [4.69, 9.17) is 0 Å². The first-order valence-corrected chi connectivity index (χ1v) is 7.41. The summed E-state index contributed by atoms with van der Waals surface area (Å²) >= 11 is 0. The third-order valence-electron chi connectivity index (χ3n) is 3.88. The van der Waals surface area contributed by atoms with Crippen molar-refractivity contribution in [3.63, 3.8) is 0 Å². The number of phenols is 3. The lowest BCUT2D eigenvalue weighted by Crippen LogP contribution is -1.92. The average Bonchev–Trinajstić information content (AvgIpc) is 2.50. The largest absolute Gasteiger partial charge is 0.507 e. The molecule has 3 N–H and O–H groups in total. The maximum absolute atomic E-state index is 10.4. The van der Waals surface area contributed by atoms with Gasteiger partial charge in [0.2, 0.25) is 0 Å². The summed E-state index contributed by atoms with van der Waals surface area (Å²) in [6.45, 7) is 6.01. The van der Waals surface area contributed by atoms with E-state index in [1.54, 1.807) is 0 Å². The highest BCUT2D eigenvalue weighted by Crippen LogP contribution is 2.43. The van der Waals surface area contributed by atoms with Crippen LogP contribution in [0.25, 0.3) is 11.1 Å². The van der Waals surface area contributed by atoms with Gasteiger partial charge in [-0.25, -0.2) is 0 Å². The van der Waals surface area contributed by atoms with Crippen LogP contribution in [-0.2, 0) is 19.3 Å². The molecule has 0 atom stereocenters. The monoisotopic (exact) mass is 286 g/mol. The Morgan fingerprint density at radius 2 is 1.29 bits per heavy atom. The summed E-state index contributed by atoms with van der Waals surface area (Å²) < 4.78 is 0. The molecule has 2 rings (SSSR count). The molecule has 112 valence electrons. The third kappa shape index (κ3) is 2.82. The summed E-state index contributed by atoms with van der Waals surface area (Å²) in [7, 11) is 0. The number of aryl methyl sites for hydroxylation is 2. The molecule has 0 radical (unpaired) electrons. The Labute approximate surface area is 125 Å².